The summed E-state index contributed by atoms with van der Waals surface area (Å²) >= 11 is 0. The number of fused-ring (bicyclic) bond motifs is 1. The van der Waals surface area contributed by atoms with Crippen molar-refractivity contribution < 1.29 is 9.90 Å². The minimum Gasteiger partial charge on any atom is -0.507 e. The van der Waals surface area contributed by atoms with Gasteiger partial charge in [0.2, 0.25) is 0 Å². The van der Waals surface area contributed by atoms with E-state index in [2.05, 4.69) is 4.98 Å². The SMILES string of the molecule is O=C(c1ccc2c(c1O)CCCC2)N(Cc1ccccn1)C1CC1. The molecular weight excluding hydrogens is 300 g/mol. The van der Waals surface area contributed by atoms with Crippen LogP contribution in [0.5, 0.6) is 5.75 Å². The maximum atomic E-state index is 13.1. The predicted molar refractivity (Wildman–Crippen MR) is 91.9 cm³/mol. The van der Waals surface area contributed by atoms with Gasteiger partial charge in [0.05, 0.1) is 17.8 Å². The topological polar surface area (TPSA) is 53.4 Å². The van der Waals surface area contributed by atoms with Gasteiger partial charge in [0.1, 0.15) is 5.75 Å². The van der Waals surface area contributed by atoms with Gasteiger partial charge in [0.15, 0.2) is 0 Å². The third kappa shape index (κ3) is 2.88. The molecule has 4 rings (SSSR count). The van der Waals surface area contributed by atoms with E-state index >= 15 is 0 Å². The zero-order valence-electron chi connectivity index (χ0n) is 13.7. The Balaban J connectivity index is 1.63. The van der Waals surface area contributed by atoms with Gasteiger partial charge >= 0.3 is 0 Å². The first kappa shape index (κ1) is 15.2. The first-order chi connectivity index (χ1) is 11.7. The fourth-order valence-electron chi connectivity index (χ4n) is 3.55. The van der Waals surface area contributed by atoms with Crippen LogP contribution in [0.1, 0.15) is 52.9 Å². The number of carbonyl (C=O) groups is 1. The van der Waals surface area contributed by atoms with Crippen molar-refractivity contribution in [3.63, 3.8) is 0 Å². The van der Waals surface area contributed by atoms with E-state index in [9.17, 15) is 9.90 Å². The van der Waals surface area contributed by atoms with Gasteiger partial charge in [-0.1, -0.05) is 12.1 Å². The standard InChI is InChI=1S/C20H22N2O2/c23-19-17-7-2-1-5-14(17)8-11-18(19)20(24)22(16-9-10-16)13-15-6-3-4-12-21-15/h3-4,6,8,11-12,16,23H,1-2,5,7,9-10,13H2. The van der Waals surface area contributed by atoms with Crippen LogP contribution in [0.3, 0.4) is 0 Å². The summed E-state index contributed by atoms with van der Waals surface area (Å²) in [4.78, 5) is 19.3. The highest BCUT2D eigenvalue weighted by Gasteiger charge is 2.34. The van der Waals surface area contributed by atoms with Crippen molar-refractivity contribution in [3.8, 4) is 5.75 Å². The van der Waals surface area contributed by atoms with Gasteiger partial charge in [-0.25, -0.2) is 0 Å². The largest absolute Gasteiger partial charge is 0.507 e. The predicted octanol–water partition coefficient (Wildman–Crippen LogP) is 3.47. The van der Waals surface area contributed by atoms with Crippen molar-refractivity contribution in [2.45, 2.75) is 51.1 Å². The summed E-state index contributed by atoms with van der Waals surface area (Å²) in [5.74, 6) is 0.123. The van der Waals surface area contributed by atoms with E-state index in [0.717, 1.165) is 49.8 Å². The number of aromatic nitrogens is 1. The van der Waals surface area contributed by atoms with E-state index in [1.54, 1.807) is 12.3 Å². The summed E-state index contributed by atoms with van der Waals surface area (Å²) in [7, 11) is 0. The van der Waals surface area contributed by atoms with Gasteiger partial charge in [-0.3, -0.25) is 9.78 Å². The summed E-state index contributed by atoms with van der Waals surface area (Å²) in [6.07, 6.45) is 7.92. The molecule has 4 nitrogen and oxygen atoms in total. The van der Waals surface area contributed by atoms with Crippen LogP contribution in [-0.2, 0) is 19.4 Å². The quantitative estimate of drug-likeness (QED) is 0.938. The minimum absolute atomic E-state index is 0.0750. The monoisotopic (exact) mass is 322 g/mol. The second kappa shape index (κ2) is 6.27. The fraction of sp³-hybridized carbons (Fsp3) is 0.400. The molecule has 124 valence electrons. The highest BCUT2D eigenvalue weighted by Crippen LogP contribution is 2.35. The molecule has 2 aliphatic carbocycles. The number of rotatable bonds is 4. The normalized spacial score (nSPS) is 16.5. The van der Waals surface area contributed by atoms with Gasteiger partial charge in [0.25, 0.3) is 5.91 Å². The number of aryl methyl sites for hydroxylation is 1. The Hall–Kier alpha value is -2.36. The molecule has 0 radical (unpaired) electrons. The van der Waals surface area contributed by atoms with E-state index < -0.39 is 0 Å². The lowest BCUT2D eigenvalue weighted by Gasteiger charge is -2.24. The number of benzene rings is 1. The number of pyridine rings is 1. The number of phenolic OH excluding ortho intramolecular Hbond substituents is 1. The molecule has 1 aromatic carbocycles. The van der Waals surface area contributed by atoms with Gasteiger partial charge in [-0.15, -0.1) is 0 Å². The molecule has 0 atom stereocenters. The third-order valence-electron chi connectivity index (χ3n) is 5.04. The van der Waals surface area contributed by atoms with Gasteiger partial charge in [-0.2, -0.15) is 0 Å². The lowest BCUT2D eigenvalue weighted by atomic mass is 9.89. The van der Waals surface area contributed by atoms with Crippen molar-refractivity contribution in [3.05, 3.63) is 58.9 Å². The van der Waals surface area contributed by atoms with Crippen LogP contribution in [-0.4, -0.2) is 26.9 Å². The maximum Gasteiger partial charge on any atom is 0.258 e. The van der Waals surface area contributed by atoms with Crippen LogP contribution in [0.15, 0.2) is 36.5 Å². The van der Waals surface area contributed by atoms with Crippen LogP contribution in [0.2, 0.25) is 0 Å². The summed E-state index contributed by atoms with van der Waals surface area (Å²) in [5, 5.41) is 10.7. The van der Waals surface area contributed by atoms with Crippen molar-refractivity contribution in [1.29, 1.82) is 0 Å². The number of aromatic hydroxyl groups is 1. The van der Waals surface area contributed by atoms with E-state index in [4.69, 9.17) is 0 Å². The first-order valence-corrected chi connectivity index (χ1v) is 8.78. The molecule has 0 aliphatic heterocycles. The van der Waals surface area contributed by atoms with Crippen LogP contribution >= 0.6 is 0 Å². The smallest absolute Gasteiger partial charge is 0.258 e. The minimum atomic E-state index is -0.0750. The van der Waals surface area contributed by atoms with E-state index in [1.807, 2.05) is 29.2 Å². The average Bonchev–Trinajstić information content (AvgIpc) is 3.46. The number of hydrogen-bond donors (Lipinski definition) is 1. The van der Waals surface area contributed by atoms with Crippen LogP contribution < -0.4 is 0 Å². The van der Waals surface area contributed by atoms with Crippen molar-refractivity contribution in [1.82, 2.24) is 9.88 Å². The molecule has 4 heteroatoms. The average molecular weight is 322 g/mol. The summed E-state index contributed by atoms with van der Waals surface area (Å²) < 4.78 is 0. The first-order valence-electron chi connectivity index (χ1n) is 8.78. The van der Waals surface area contributed by atoms with Crippen molar-refractivity contribution >= 4 is 5.91 Å². The zero-order chi connectivity index (χ0) is 16.5. The number of carbonyl (C=O) groups excluding carboxylic acids is 1. The van der Waals surface area contributed by atoms with Gasteiger partial charge < -0.3 is 10.0 Å². The van der Waals surface area contributed by atoms with E-state index in [-0.39, 0.29) is 17.7 Å². The summed E-state index contributed by atoms with van der Waals surface area (Å²) in [5.41, 5.74) is 3.49. The van der Waals surface area contributed by atoms with Crippen molar-refractivity contribution in [2.75, 3.05) is 0 Å². The Kier molecular flexibility index (Phi) is 3.97. The number of nitrogens with zero attached hydrogens (tertiary/aromatic N) is 2. The highest BCUT2D eigenvalue weighted by atomic mass is 16.3. The van der Waals surface area contributed by atoms with Gasteiger partial charge in [0, 0.05) is 12.2 Å². The molecule has 1 N–H and O–H groups in total. The lowest BCUT2D eigenvalue weighted by Crippen LogP contribution is -2.33. The zero-order valence-corrected chi connectivity index (χ0v) is 13.7. The molecule has 1 heterocycles. The molecule has 2 aliphatic rings. The van der Waals surface area contributed by atoms with Crippen molar-refractivity contribution in [2.24, 2.45) is 0 Å². The van der Waals surface area contributed by atoms with Crippen LogP contribution in [0.4, 0.5) is 0 Å². The highest BCUT2D eigenvalue weighted by molar-refractivity contribution is 5.97. The molecular formula is C20H22N2O2. The number of amides is 1. The van der Waals surface area contributed by atoms with Gasteiger partial charge in [-0.05, 0) is 67.9 Å². The van der Waals surface area contributed by atoms with E-state index in [0.29, 0.717) is 12.1 Å². The third-order valence-corrected chi connectivity index (χ3v) is 5.04. The molecule has 1 fully saturated rings. The molecule has 0 spiro atoms. The second-order valence-electron chi connectivity index (χ2n) is 6.79. The summed E-state index contributed by atoms with van der Waals surface area (Å²) in [6.45, 7) is 0.501. The molecule has 24 heavy (non-hydrogen) atoms. The van der Waals surface area contributed by atoms with Crippen LogP contribution in [0, 0.1) is 0 Å². The Morgan fingerprint density at radius 1 is 1.17 bits per heavy atom. The van der Waals surface area contributed by atoms with E-state index in [1.165, 1.54) is 5.56 Å². The number of hydrogen-bond acceptors (Lipinski definition) is 3. The second-order valence-corrected chi connectivity index (χ2v) is 6.79. The molecule has 0 unspecified atom stereocenters. The Morgan fingerprint density at radius 2 is 2.00 bits per heavy atom. The summed E-state index contributed by atoms with van der Waals surface area (Å²) in [6, 6.07) is 9.85. The number of phenols is 1. The fourth-order valence-corrected chi connectivity index (χ4v) is 3.55. The molecule has 2 aromatic rings. The maximum absolute atomic E-state index is 13.1. The molecule has 1 amide bonds. The Morgan fingerprint density at radius 3 is 2.75 bits per heavy atom. The molecule has 1 saturated carbocycles. The molecule has 1 aromatic heterocycles. The Labute approximate surface area is 142 Å². The lowest BCUT2D eigenvalue weighted by molar-refractivity contribution is 0.0724. The molecule has 0 saturated heterocycles. The van der Waals surface area contributed by atoms with Crippen LogP contribution in [0.25, 0.3) is 0 Å². The molecule has 0 bridgehead atoms. The Bertz CT molecular complexity index is 754.